The van der Waals surface area contributed by atoms with Crippen LogP contribution in [0.25, 0.3) is 15.9 Å². The second kappa shape index (κ2) is 6.89. The first-order valence-electron chi connectivity index (χ1n) is 8.89. The third-order valence-electron chi connectivity index (χ3n) is 4.61. The minimum atomic E-state index is -0.422. The zero-order chi connectivity index (χ0) is 20.0. The fourth-order valence-corrected chi connectivity index (χ4v) is 4.26. The van der Waals surface area contributed by atoms with Crippen LogP contribution in [0.3, 0.4) is 0 Å². The molecule has 2 aromatic heterocycles. The Morgan fingerprint density at radius 2 is 2.07 bits per heavy atom. The summed E-state index contributed by atoms with van der Waals surface area (Å²) in [5, 5.41) is 5.31. The van der Waals surface area contributed by atoms with E-state index in [4.69, 9.17) is 14.2 Å². The zero-order valence-corrected chi connectivity index (χ0v) is 16.2. The van der Waals surface area contributed by atoms with Crippen LogP contribution in [0.4, 0.5) is 4.39 Å². The molecule has 5 rings (SSSR count). The highest BCUT2D eigenvalue weighted by atomic mass is 32.1. The summed E-state index contributed by atoms with van der Waals surface area (Å²) in [6.45, 7) is 2.17. The highest BCUT2D eigenvalue weighted by molar-refractivity contribution is 7.20. The SMILES string of the molecule is Cc1nn(-c2cccc(F)c2)c2sc(C(=O)OCc3ccc4c(c3)OCO4)cc12. The molecular formula is C21H15FN2O4S. The molecular weight excluding hydrogens is 395 g/mol. The molecule has 0 spiro atoms. The van der Waals surface area contributed by atoms with Gasteiger partial charge in [0, 0.05) is 5.39 Å². The van der Waals surface area contributed by atoms with E-state index in [1.807, 2.05) is 13.0 Å². The number of aryl methyl sites for hydroxylation is 1. The van der Waals surface area contributed by atoms with Gasteiger partial charge in [0.1, 0.15) is 22.1 Å². The third kappa shape index (κ3) is 3.21. The number of carbonyl (C=O) groups is 1. The second-order valence-electron chi connectivity index (χ2n) is 6.57. The van der Waals surface area contributed by atoms with Gasteiger partial charge in [0.05, 0.1) is 11.4 Å². The number of halogens is 1. The van der Waals surface area contributed by atoms with Crippen molar-refractivity contribution in [3.8, 4) is 17.2 Å². The molecule has 0 saturated heterocycles. The number of benzene rings is 2. The number of aromatic nitrogens is 2. The van der Waals surface area contributed by atoms with E-state index in [-0.39, 0.29) is 19.2 Å². The topological polar surface area (TPSA) is 62.6 Å². The molecule has 0 saturated carbocycles. The molecule has 1 aliphatic heterocycles. The number of fused-ring (bicyclic) bond motifs is 2. The molecule has 29 heavy (non-hydrogen) atoms. The van der Waals surface area contributed by atoms with Crippen molar-refractivity contribution in [2.24, 2.45) is 0 Å². The van der Waals surface area contributed by atoms with Gasteiger partial charge in [-0.05, 0) is 48.9 Å². The van der Waals surface area contributed by atoms with Gasteiger partial charge in [-0.3, -0.25) is 0 Å². The van der Waals surface area contributed by atoms with Gasteiger partial charge >= 0.3 is 5.97 Å². The molecule has 0 N–H and O–H groups in total. The summed E-state index contributed by atoms with van der Waals surface area (Å²) in [5.74, 6) is 0.561. The Balaban J connectivity index is 1.39. The lowest BCUT2D eigenvalue weighted by atomic mass is 10.2. The van der Waals surface area contributed by atoms with Crippen LogP contribution < -0.4 is 9.47 Å². The fraction of sp³-hybridized carbons (Fsp3) is 0.143. The Morgan fingerprint density at radius 3 is 2.93 bits per heavy atom. The summed E-state index contributed by atoms with van der Waals surface area (Å²) in [5.41, 5.74) is 2.17. The van der Waals surface area contributed by atoms with E-state index in [0.717, 1.165) is 21.5 Å². The molecule has 0 radical (unpaired) electrons. The Hall–Kier alpha value is -3.39. The molecule has 146 valence electrons. The lowest BCUT2D eigenvalue weighted by molar-refractivity contribution is 0.0478. The molecule has 8 heteroatoms. The van der Waals surface area contributed by atoms with Gasteiger partial charge in [-0.2, -0.15) is 5.10 Å². The van der Waals surface area contributed by atoms with E-state index < -0.39 is 5.97 Å². The van der Waals surface area contributed by atoms with Crippen molar-refractivity contribution in [1.82, 2.24) is 9.78 Å². The molecule has 3 heterocycles. The molecule has 0 aliphatic carbocycles. The minimum Gasteiger partial charge on any atom is -0.457 e. The van der Waals surface area contributed by atoms with E-state index in [9.17, 15) is 9.18 Å². The molecule has 0 fully saturated rings. The number of nitrogens with zero attached hydrogens (tertiary/aromatic N) is 2. The predicted molar refractivity (Wildman–Crippen MR) is 105 cm³/mol. The van der Waals surface area contributed by atoms with Crippen molar-refractivity contribution < 1.29 is 23.4 Å². The van der Waals surface area contributed by atoms with Crippen LogP contribution in [0.2, 0.25) is 0 Å². The van der Waals surface area contributed by atoms with Crippen LogP contribution in [0.1, 0.15) is 20.9 Å². The van der Waals surface area contributed by atoms with Gasteiger partial charge in [-0.25, -0.2) is 13.9 Å². The van der Waals surface area contributed by atoms with Gasteiger partial charge in [0.25, 0.3) is 0 Å². The molecule has 0 unspecified atom stereocenters. The molecule has 0 atom stereocenters. The summed E-state index contributed by atoms with van der Waals surface area (Å²) in [4.78, 5) is 13.8. The van der Waals surface area contributed by atoms with Gasteiger partial charge in [-0.15, -0.1) is 11.3 Å². The summed E-state index contributed by atoms with van der Waals surface area (Å²) in [7, 11) is 0. The molecule has 2 aromatic carbocycles. The first-order valence-corrected chi connectivity index (χ1v) is 9.71. The maximum absolute atomic E-state index is 13.6. The predicted octanol–water partition coefficient (Wildman–Crippen LogP) is 4.62. The number of ether oxygens (including phenoxy) is 3. The summed E-state index contributed by atoms with van der Waals surface area (Å²) in [6.07, 6.45) is 0. The van der Waals surface area contributed by atoms with E-state index in [0.29, 0.717) is 22.1 Å². The molecule has 1 aliphatic rings. The molecule has 0 amide bonds. The smallest absolute Gasteiger partial charge is 0.348 e. The van der Waals surface area contributed by atoms with Crippen LogP contribution in [0, 0.1) is 12.7 Å². The Morgan fingerprint density at radius 1 is 1.21 bits per heavy atom. The summed E-state index contributed by atoms with van der Waals surface area (Å²) >= 11 is 1.27. The third-order valence-corrected chi connectivity index (χ3v) is 5.70. The maximum Gasteiger partial charge on any atom is 0.348 e. The number of thiophene rings is 1. The Labute approximate surface area is 169 Å². The van der Waals surface area contributed by atoms with E-state index in [1.54, 1.807) is 35.0 Å². The lowest BCUT2D eigenvalue weighted by Gasteiger charge is -2.05. The first-order chi connectivity index (χ1) is 14.1. The molecule has 0 bridgehead atoms. The van der Waals surface area contributed by atoms with Crippen LogP contribution >= 0.6 is 11.3 Å². The van der Waals surface area contributed by atoms with E-state index in [2.05, 4.69) is 5.10 Å². The van der Waals surface area contributed by atoms with E-state index in [1.165, 1.54) is 23.5 Å². The minimum absolute atomic E-state index is 0.124. The van der Waals surface area contributed by atoms with Gasteiger partial charge in [-0.1, -0.05) is 12.1 Å². The monoisotopic (exact) mass is 410 g/mol. The number of esters is 1. The van der Waals surface area contributed by atoms with E-state index >= 15 is 0 Å². The number of hydrogen-bond donors (Lipinski definition) is 0. The van der Waals surface area contributed by atoms with Gasteiger partial charge in [0.15, 0.2) is 11.5 Å². The second-order valence-corrected chi connectivity index (χ2v) is 7.60. The number of hydrogen-bond acceptors (Lipinski definition) is 6. The lowest BCUT2D eigenvalue weighted by Crippen LogP contribution is -2.03. The van der Waals surface area contributed by atoms with Crippen LogP contribution in [0.15, 0.2) is 48.5 Å². The number of rotatable bonds is 4. The van der Waals surface area contributed by atoms with Crippen molar-refractivity contribution in [3.63, 3.8) is 0 Å². The normalized spacial score (nSPS) is 12.5. The highest BCUT2D eigenvalue weighted by Crippen LogP contribution is 2.33. The molecule has 4 aromatic rings. The van der Waals surface area contributed by atoms with Crippen LogP contribution in [-0.2, 0) is 11.3 Å². The standard InChI is InChI=1S/C21H15FN2O4S/c1-12-16-9-19(29-20(16)24(23-12)15-4-2-3-14(22)8-15)21(25)26-10-13-5-6-17-18(7-13)28-11-27-17/h2-9H,10-11H2,1H3. The Bertz CT molecular complexity index is 1250. The molecule has 6 nitrogen and oxygen atoms in total. The van der Waals surface area contributed by atoms with Gasteiger partial charge in [0.2, 0.25) is 6.79 Å². The Kier molecular flexibility index (Phi) is 4.21. The van der Waals surface area contributed by atoms with Crippen LogP contribution in [0.5, 0.6) is 11.5 Å². The average Bonchev–Trinajstić information content (AvgIpc) is 3.42. The van der Waals surface area contributed by atoms with Crippen molar-refractivity contribution in [2.75, 3.05) is 6.79 Å². The van der Waals surface area contributed by atoms with Gasteiger partial charge < -0.3 is 14.2 Å². The average molecular weight is 410 g/mol. The fourth-order valence-electron chi connectivity index (χ4n) is 3.18. The van der Waals surface area contributed by atoms with Crippen LogP contribution in [-0.4, -0.2) is 22.5 Å². The van der Waals surface area contributed by atoms with Crippen molar-refractivity contribution in [1.29, 1.82) is 0 Å². The maximum atomic E-state index is 13.6. The van der Waals surface area contributed by atoms with Crippen molar-refractivity contribution in [3.05, 3.63) is 70.5 Å². The zero-order valence-electron chi connectivity index (χ0n) is 15.3. The summed E-state index contributed by atoms with van der Waals surface area (Å²) in [6, 6.07) is 13.4. The highest BCUT2D eigenvalue weighted by Gasteiger charge is 2.19. The first kappa shape index (κ1) is 17.7. The quantitative estimate of drug-likeness (QED) is 0.460. The largest absolute Gasteiger partial charge is 0.457 e. The van der Waals surface area contributed by atoms with Crippen molar-refractivity contribution >= 4 is 27.5 Å². The van der Waals surface area contributed by atoms with Crippen molar-refractivity contribution in [2.45, 2.75) is 13.5 Å². The summed E-state index contributed by atoms with van der Waals surface area (Å²) < 4.78 is 31.3. The number of carbonyl (C=O) groups excluding carboxylic acids is 1.